The SMILES string of the molecule is CCNC(c1cc(C)nc2ccccc12)C1CCOC1. The van der Waals surface area contributed by atoms with E-state index in [2.05, 4.69) is 54.5 Å². The number of nitrogens with one attached hydrogen (secondary N) is 1. The summed E-state index contributed by atoms with van der Waals surface area (Å²) in [5.41, 5.74) is 3.54. The van der Waals surface area contributed by atoms with Crippen LogP contribution in [0.25, 0.3) is 10.9 Å². The lowest BCUT2D eigenvalue weighted by atomic mass is 9.89. The summed E-state index contributed by atoms with van der Waals surface area (Å²) in [5.74, 6) is 0.556. The number of aryl methyl sites for hydroxylation is 1. The van der Waals surface area contributed by atoms with E-state index in [1.807, 2.05) is 0 Å². The molecule has 0 aliphatic carbocycles. The highest BCUT2D eigenvalue weighted by Crippen LogP contribution is 2.33. The minimum atomic E-state index is 0.356. The molecule has 3 nitrogen and oxygen atoms in total. The topological polar surface area (TPSA) is 34.2 Å². The van der Waals surface area contributed by atoms with E-state index in [0.29, 0.717) is 12.0 Å². The molecule has 20 heavy (non-hydrogen) atoms. The predicted octanol–water partition coefficient (Wildman–Crippen LogP) is 3.23. The molecule has 0 bridgehead atoms. The van der Waals surface area contributed by atoms with E-state index in [0.717, 1.165) is 37.4 Å². The predicted molar refractivity (Wildman–Crippen MR) is 81.8 cm³/mol. The molecule has 106 valence electrons. The van der Waals surface area contributed by atoms with Crippen LogP contribution in [-0.2, 0) is 4.74 Å². The van der Waals surface area contributed by atoms with Crippen molar-refractivity contribution in [3.05, 3.63) is 41.6 Å². The van der Waals surface area contributed by atoms with Gasteiger partial charge >= 0.3 is 0 Å². The first kappa shape index (κ1) is 13.5. The number of fused-ring (bicyclic) bond motifs is 1. The fourth-order valence-corrected chi connectivity index (χ4v) is 3.16. The second-order valence-electron chi connectivity index (χ2n) is 5.53. The number of rotatable bonds is 4. The molecule has 2 unspecified atom stereocenters. The van der Waals surface area contributed by atoms with Gasteiger partial charge in [0.15, 0.2) is 0 Å². The Balaban J connectivity index is 2.09. The lowest BCUT2D eigenvalue weighted by Crippen LogP contribution is -2.29. The maximum absolute atomic E-state index is 5.59. The van der Waals surface area contributed by atoms with Crippen molar-refractivity contribution in [3.63, 3.8) is 0 Å². The molecule has 1 aliphatic heterocycles. The number of nitrogens with zero attached hydrogens (tertiary/aromatic N) is 1. The molecule has 1 saturated heterocycles. The van der Waals surface area contributed by atoms with Crippen molar-refractivity contribution < 1.29 is 4.74 Å². The first-order chi connectivity index (χ1) is 9.79. The Morgan fingerprint density at radius 1 is 1.40 bits per heavy atom. The molecule has 0 radical (unpaired) electrons. The Kier molecular flexibility index (Phi) is 3.99. The molecular formula is C17H22N2O. The van der Waals surface area contributed by atoms with Gasteiger partial charge in [-0.3, -0.25) is 4.98 Å². The van der Waals surface area contributed by atoms with Crippen LogP contribution in [0.1, 0.15) is 30.6 Å². The van der Waals surface area contributed by atoms with Gasteiger partial charge < -0.3 is 10.1 Å². The highest BCUT2D eigenvalue weighted by atomic mass is 16.5. The first-order valence-electron chi connectivity index (χ1n) is 7.47. The second kappa shape index (κ2) is 5.90. The van der Waals surface area contributed by atoms with Crippen LogP contribution in [0, 0.1) is 12.8 Å². The molecule has 1 fully saturated rings. The largest absolute Gasteiger partial charge is 0.381 e. The smallest absolute Gasteiger partial charge is 0.0708 e. The van der Waals surface area contributed by atoms with E-state index >= 15 is 0 Å². The van der Waals surface area contributed by atoms with Gasteiger partial charge in [0.2, 0.25) is 0 Å². The Morgan fingerprint density at radius 2 is 2.25 bits per heavy atom. The number of ether oxygens (including phenoxy) is 1. The van der Waals surface area contributed by atoms with Crippen LogP contribution >= 0.6 is 0 Å². The molecule has 0 spiro atoms. The number of hydrogen-bond donors (Lipinski definition) is 1. The molecule has 1 aromatic heterocycles. The van der Waals surface area contributed by atoms with Gasteiger partial charge in [-0.15, -0.1) is 0 Å². The van der Waals surface area contributed by atoms with E-state index in [4.69, 9.17) is 4.74 Å². The molecule has 2 atom stereocenters. The van der Waals surface area contributed by atoms with Crippen molar-refractivity contribution in [2.75, 3.05) is 19.8 Å². The maximum Gasteiger partial charge on any atom is 0.0708 e. The third-order valence-corrected chi connectivity index (χ3v) is 4.07. The van der Waals surface area contributed by atoms with Crippen LogP contribution in [0.2, 0.25) is 0 Å². The summed E-state index contributed by atoms with van der Waals surface area (Å²) in [6.45, 7) is 6.95. The zero-order valence-electron chi connectivity index (χ0n) is 12.2. The summed E-state index contributed by atoms with van der Waals surface area (Å²) in [6.07, 6.45) is 1.13. The van der Waals surface area contributed by atoms with Gasteiger partial charge in [0, 0.05) is 29.6 Å². The minimum absolute atomic E-state index is 0.356. The Morgan fingerprint density at radius 3 is 3.00 bits per heavy atom. The molecule has 2 heterocycles. The summed E-state index contributed by atoms with van der Waals surface area (Å²) in [6, 6.07) is 11.0. The van der Waals surface area contributed by atoms with Crippen molar-refractivity contribution in [1.82, 2.24) is 10.3 Å². The quantitative estimate of drug-likeness (QED) is 0.926. The molecule has 1 aliphatic rings. The van der Waals surface area contributed by atoms with Gasteiger partial charge in [-0.05, 0) is 37.6 Å². The summed E-state index contributed by atoms with van der Waals surface area (Å²) in [5, 5.41) is 4.91. The van der Waals surface area contributed by atoms with Crippen LogP contribution in [0.5, 0.6) is 0 Å². The van der Waals surface area contributed by atoms with Gasteiger partial charge in [0.1, 0.15) is 0 Å². The number of aromatic nitrogens is 1. The van der Waals surface area contributed by atoms with Crippen LogP contribution < -0.4 is 5.32 Å². The van der Waals surface area contributed by atoms with Gasteiger partial charge in [-0.1, -0.05) is 25.1 Å². The van der Waals surface area contributed by atoms with E-state index < -0.39 is 0 Å². The molecule has 1 N–H and O–H groups in total. The lowest BCUT2D eigenvalue weighted by molar-refractivity contribution is 0.177. The second-order valence-corrected chi connectivity index (χ2v) is 5.53. The van der Waals surface area contributed by atoms with Crippen LogP contribution in [0.3, 0.4) is 0 Å². The van der Waals surface area contributed by atoms with Gasteiger partial charge in [-0.2, -0.15) is 0 Å². The monoisotopic (exact) mass is 270 g/mol. The summed E-state index contributed by atoms with van der Waals surface area (Å²) in [4.78, 5) is 4.65. The van der Waals surface area contributed by atoms with Crippen molar-refractivity contribution in [3.8, 4) is 0 Å². The molecule has 3 heteroatoms. The van der Waals surface area contributed by atoms with Crippen LogP contribution in [0.4, 0.5) is 0 Å². The third-order valence-electron chi connectivity index (χ3n) is 4.07. The molecule has 3 rings (SSSR count). The summed E-state index contributed by atoms with van der Waals surface area (Å²) in [7, 11) is 0. The summed E-state index contributed by atoms with van der Waals surface area (Å²) >= 11 is 0. The Bertz CT molecular complexity index is 591. The van der Waals surface area contributed by atoms with E-state index in [-0.39, 0.29) is 0 Å². The number of para-hydroxylation sites is 1. The van der Waals surface area contributed by atoms with Crippen LogP contribution in [0.15, 0.2) is 30.3 Å². The number of hydrogen-bond acceptors (Lipinski definition) is 3. The highest BCUT2D eigenvalue weighted by molar-refractivity contribution is 5.82. The van der Waals surface area contributed by atoms with E-state index in [9.17, 15) is 0 Å². The standard InChI is InChI=1S/C17H22N2O/c1-3-18-17(13-8-9-20-11-13)15-10-12(2)19-16-7-5-4-6-14(15)16/h4-7,10,13,17-18H,3,8-9,11H2,1-2H3. The Hall–Kier alpha value is -1.45. The van der Waals surface area contributed by atoms with Crippen molar-refractivity contribution in [1.29, 1.82) is 0 Å². The maximum atomic E-state index is 5.59. The fourth-order valence-electron chi connectivity index (χ4n) is 3.16. The average molecular weight is 270 g/mol. The number of benzene rings is 1. The normalized spacial score (nSPS) is 20.4. The molecule has 0 saturated carbocycles. The first-order valence-corrected chi connectivity index (χ1v) is 7.47. The lowest BCUT2D eigenvalue weighted by Gasteiger charge is -2.25. The minimum Gasteiger partial charge on any atom is -0.381 e. The third kappa shape index (κ3) is 2.56. The highest BCUT2D eigenvalue weighted by Gasteiger charge is 2.27. The van der Waals surface area contributed by atoms with Crippen molar-refractivity contribution >= 4 is 10.9 Å². The van der Waals surface area contributed by atoms with E-state index in [1.54, 1.807) is 0 Å². The fraction of sp³-hybridized carbons (Fsp3) is 0.471. The average Bonchev–Trinajstić information content (AvgIpc) is 2.98. The van der Waals surface area contributed by atoms with Gasteiger partial charge in [0.05, 0.1) is 12.1 Å². The number of pyridine rings is 1. The van der Waals surface area contributed by atoms with Crippen LogP contribution in [-0.4, -0.2) is 24.7 Å². The molecule has 0 amide bonds. The Labute approximate surface area is 120 Å². The summed E-state index contributed by atoms with van der Waals surface area (Å²) < 4.78 is 5.59. The molecule has 1 aromatic carbocycles. The van der Waals surface area contributed by atoms with Crippen molar-refractivity contribution in [2.45, 2.75) is 26.3 Å². The zero-order chi connectivity index (χ0) is 13.9. The molecule has 2 aromatic rings. The van der Waals surface area contributed by atoms with Crippen molar-refractivity contribution in [2.24, 2.45) is 5.92 Å². The molecular weight excluding hydrogens is 248 g/mol. The van der Waals surface area contributed by atoms with E-state index in [1.165, 1.54) is 10.9 Å². The van der Waals surface area contributed by atoms with Gasteiger partial charge in [0.25, 0.3) is 0 Å². The zero-order valence-corrected chi connectivity index (χ0v) is 12.2. The van der Waals surface area contributed by atoms with Gasteiger partial charge in [-0.25, -0.2) is 0 Å².